The van der Waals surface area contributed by atoms with E-state index in [1.165, 1.54) is 35.1 Å². The predicted octanol–water partition coefficient (Wildman–Crippen LogP) is 3.08. The first-order chi connectivity index (χ1) is 12.9. The quantitative estimate of drug-likeness (QED) is 0.469. The van der Waals surface area contributed by atoms with Crippen molar-refractivity contribution >= 4 is 39.5 Å². The van der Waals surface area contributed by atoms with Crippen molar-refractivity contribution in [1.82, 2.24) is 9.62 Å². The lowest BCUT2D eigenvalue weighted by Gasteiger charge is -2.12. The highest BCUT2D eigenvalue weighted by atomic mass is 32.2. The molecule has 8 heteroatoms. The molecule has 0 heterocycles. The summed E-state index contributed by atoms with van der Waals surface area (Å²) in [6.45, 7) is 0.621. The molecular weight excluding hydrogens is 400 g/mol. The van der Waals surface area contributed by atoms with Gasteiger partial charge < -0.3 is 5.32 Å². The highest BCUT2D eigenvalue weighted by molar-refractivity contribution is 7.99. The maximum absolute atomic E-state index is 12.2. The van der Waals surface area contributed by atoms with E-state index in [1.807, 2.05) is 36.4 Å². The molecule has 0 aromatic heterocycles. The number of carbonyl (C=O) groups is 1. The zero-order valence-electron chi connectivity index (χ0n) is 15.4. The fourth-order valence-corrected chi connectivity index (χ4v) is 4.76. The van der Waals surface area contributed by atoms with E-state index in [-0.39, 0.29) is 10.8 Å². The van der Waals surface area contributed by atoms with Crippen molar-refractivity contribution in [1.29, 1.82) is 0 Å². The van der Waals surface area contributed by atoms with Gasteiger partial charge in [0, 0.05) is 37.0 Å². The molecule has 0 aliphatic carbocycles. The number of sulfonamides is 1. The lowest BCUT2D eigenvalue weighted by atomic mass is 10.2. The molecule has 1 amide bonds. The number of hydrogen-bond donors (Lipinski definition) is 1. The van der Waals surface area contributed by atoms with E-state index in [0.717, 1.165) is 11.3 Å². The third-order valence-electron chi connectivity index (χ3n) is 3.62. The number of nitrogens with one attached hydrogen (secondary N) is 1. The van der Waals surface area contributed by atoms with Crippen LogP contribution in [-0.4, -0.2) is 50.8 Å². The van der Waals surface area contributed by atoms with Gasteiger partial charge in [0.15, 0.2) is 0 Å². The molecule has 0 saturated carbocycles. The summed E-state index contributed by atoms with van der Waals surface area (Å²) in [5.41, 5.74) is 0.885. The zero-order chi connectivity index (χ0) is 19.7. The molecule has 0 aliphatic rings. The van der Waals surface area contributed by atoms with Crippen LogP contribution in [0.2, 0.25) is 0 Å². The van der Waals surface area contributed by atoms with Crippen LogP contribution in [0.15, 0.2) is 64.4 Å². The highest BCUT2D eigenvalue weighted by Gasteiger charge is 2.17. The molecule has 5 nitrogen and oxygen atoms in total. The maximum Gasteiger partial charge on any atom is 0.242 e. The SMILES string of the molecule is CN(C)S(=O)(=O)c1cccc(CSCC(=O)NCCSc2ccccc2)c1. The molecule has 1 N–H and O–H groups in total. The molecule has 0 unspecified atom stereocenters. The molecule has 0 aliphatic heterocycles. The van der Waals surface area contributed by atoms with E-state index < -0.39 is 10.0 Å². The first-order valence-electron chi connectivity index (χ1n) is 8.43. The second-order valence-electron chi connectivity index (χ2n) is 5.94. The summed E-state index contributed by atoms with van der Waals surface area (Å²) in [4.78, 5) is 13.4. The summed E-state index contributed by atoms with van der Waals surface area (Å²) < 4.78 is 25.5. The third-order valence-corrected chi connectivity index (χ3v) is 7.44. The van der Waals surface area contributed by atoms with Crippen molar-refractivity contribution in [3.05, 3.63) is 60.2 Å². The minimum atomic E-state index is -3.44. The highest BCUT2D eigenvalue weighted by Crippen LogP contribution is 2.19. The van der Waals surface area contributed by atoms with Gasteiger partial charge in [-0.15, -0.1) is 23.5 Å². The fourth-order valence-electron chi connectivity index (χ4n) is 2.20. The first-order valence-corrected chi connectivity index (χ1v) is 12.0. The van der Waals surface area contributed by atoms with Crippen molar-refractivity contribution in [3.63, 3.8) is 0 Å². The molecule has 27 heavy (non-hydrogen) atoms. The van der Waals surface area contributed by atoms with Crippen LogP contribution in [0, 0.1) is 0 Å². The number of hydrogen-bond acceptors (Lipinski definition) is 5. The zero-order valence-corrected chi connectivity index (χ0v) is 17.9. The van der Waals surface area contributed by atoms with Gasteiger partial charge in [0.25, 0.3) is 0 Å². The minimum Gasteiger partial charge on any atom is -0.355 e. The Labute approximate surface area is 170 Å². The molecule has 2 rings (SSSR count). The maximum atomic E-state index is 12.2. The molecule has 0 fully saturated rings. The van der Waals surface area contributed by atoms with Crippen LogP contribution >= 0.6 is 23.5 Å². The van der Waals surface area contributed by atoms with Gasteiger partial charge in [-0.25, -0.2) is 12.7 Å². The topological polar surface area (TPSA) is 66.5 Å². The van der Waals surface area contributed by atoms with Crippen LogP contribution in [-0.2, 0) is 20.6 Å². The van der Waals surface area contributed by atoms with Crippen molar-refractivity contribution in [2.24, 2.45) is 0 Å². The molecule has 0 spiro atoms. The van der Waals surface area contributed by atoms with Crippen LogP contribution in [0.4, 0.5) is 0 Å². The van der Waals surface area contributed by atoms with Crippen molar-refractivity contribution in [2.45, 2.75) is 15.5 Å². The number of rotatable bonds is 10. The van der Waals surface area contributed by atoms with Gasteiger partial charge in [-0.05, 0) is 29.8 Å². The monoisotopic (exact) mass is 424 g/mol. The van der Waals surface area contributed by atoms with Crippen LogP contribution in [0.25, 0.3) is 0 Å². The minimum absolute atomic E-state index is 0.00858. The van der Waals surface area contributed by atoms with Crippen molar-refractivity contribution in [2.75, 3.05) is 32.1 Å². The lowest BCUT2D eigenvalue weighted by Crippen LogP contribution is -2.27. The van der Waals surface area contributed by atoms with Crippen LogP contribution in [0.3, 0.4) is 0 Å². The Hall–Kier alpha value is -1.48. The fraction of sp³-hybridized carbons (Fsp3) is 0.316. The summed E-state index contributed by atoms with van der Waals surface area (Å²) in [6.07, 6.45) is 0. The Morgan fingerprint density at radius 1 is 1.07 bits per heavy atom. The molecule has 146 valence electrons. The summed E-state index contributed by atoms with van der Waals surface area (Å²) >= 11 is 3.18. The number of nitrogens with zero attached hydrogens (tertiary/aromatic N) is 1. The van der Waals surface area contributed by atoms with E-state index in [1.54, 1.807) is 30.0 Å². The Balaban J connectivity index is 1.70. The van der Waals surface area contributed by atoms with Gasteiger partial charge in [0.05, 0.1) is 10.6 Å². The van der Waals surface area contributed by atoms with Crippen molar-refractivity contribution < 1.29 is 13.2 Å². The van der Waals surface area contributed by atoms with E-state index in [0.29, 0.717) is 18.1 Å². The van der Waals surface area contributed by atoms with Crippen molar-refractivity contribution in [3.8, 4) is 0 Å². The second kappa shape index (κ2) is 10.8. The molecule has 0 radical (unpaired) electrons. The standard InChI is InChI=1S/C19H24N2O3S3/c1-21(2)27(23,24)18-10-6-7-16(13-18)14-25-15-19(22)20-11-12-26-17-8-4-3-5-9-17/h3-10,13H,11-12,14-15H2,1-2H3,(H,20,22). The Morgan fingerprint density at radius 3 is 2.52 bits per heavy atom. The first kappa shape index (κ1) is 21.8. The largest absolute Gasteiger partial charge is 0.355 e. The molecular formula is C19H24N2O3S3. The number of thioether (sulfide) groups is 2. The van der Waals surface area contributed by atoms with Gasteiger partial charge in [-0.1, -0.05) is 30.3 Å². The van der Waals surface area contributed by atoms with E-state index in [9.17, 15) is 13.2 Å². The Morgan fingerprint density at radius 2 is 1.81 bits per heavy atom. The van der Waals surface area contributed by atoms with Gasteiger partial charge in [0.2, 0.25) is 15.9 Å². The van der Waals surface area contributed by atoms with E-state index >= 15 is 0 Å². The summed E-state index contributed by atoms with van der Waals surface area (Å²) in [5.74, 6) is 1.75. The predicted molar refractivity (Wildman–Crippen MR) is 114 cm³/mol. The van der Waals surface area contributed by atoms with Crippen LogP contribution in [0.1, 0.15) is 5.56 Å². The van der Waals surface area contributed by atoms with Gasteiger partial charge >= 0.3 is 0 Å². The average molecular weight is 425 g/mol. The normalized spacial score (nSPS) is 11.5. The second-order valence-corrected chi connectivity index (χ2v) is 10.2. The van der Waals surface area contributed by atoms with Gasteiger partial charge in [-0.2, -0.15) is 0 Å². The third kappa shape index (κ3) is 7.21. The summed E-state index contributed by atoms with van der Waals surface area (Å²) in [5, 5.41) is 2.91. The number of benzene rings is 2. The van der Waals surface area contributed by atoms with E-state index in [2.05, 4.69) is 5.32 Å². The molecule has 0 atom stereocenters. The summed E-state index contributed by atoms with van der Waals surface area (Å²) in [6, 6.07) is 16.9. The van der Waals surface area contributed by atoms with E-state index in [4.69, 9.17) is 0 Å². The number of carbonyl (C=O) groups excluding carboxylic acids is 1. The lowest BCUT2D eigenvalue weighted by molar-refractivity contribution is -0.118. The van der Waals surface area contributed by atoms with Gasteiger partial charge in [-0.3, -0.25) is 4.79 Å². The Bertz CT molecular complexity index is 840. The molecule has 2 aromatic carbocycles. The molecule has 2 aromatic rings. The van der Waals surface area contributed by atoms with Crippen LogP contribution < -0.4 is 5.32 Å². The molecule has 0 bridgehead atoms. The smallest absolute Gasteiger partial charge is 0.242 e. The van der Waals surface area contributed by atoms with Crippen LogP contribution in [0.5, 0.6) is 0 Å². The molecule has 0 saturated heterocycles. The number of amides is 1. The average Bonchev–Trinajstić information content (AvgIpc) is 2.66. The summed E-state index contributed by atoms with van der Waals surface area (Å²) in [7, 11) is -0.414. The van der Waals surface area contributed by atoms with Gasteiger partial charge in [0.1, 0.15) is 0 Å². The Kier molecular flexibility index (Phi) is 8.69.